The molecule has 0 atom stereocenters. The second kappa shape index (κ2) is 3.71. The van der Waals surface area contributed by atoms with E-state index < -0.39 is 0 Å². The lowest BCUT2D eigenvalue weighted by Crippen LogP contribution is -2.62. The maximum Gasteiger partial charge on any atom is 0.0827 e. The van der Waals surface area contributed by atoms with Crippen molar-refractivity contribution < 1.29 is 5.11 Å². The summed E-state index contributed by atoms with van der Waals surface area (Å²) >= 11 is 0. The van der Waals surface area contributed by atoms with E-state index in [1.807, 2.05) is 0 Å². The second-order valence-electron chi connectivity index (χ2n) is 6.83. The summed E-state index contributed by atoms with van der Waals surface area (Å²) in [5.41, 5.74) is -0.377. The molecule has 4 aliphatic rings. The Labute approximate surface area is 98.8 Å². The van der Waals surface area contributed by atoms with Gasteiger partial charge in [-0.25, -0.2) is 0 Å². The molecule has 92 valence electrons. The molecule has 2 nitrogen and oxygen atoms in total. The summed E-state index contributed by atoms with van der Waals surface area (Å²) in [6, 6.07) is 0.487. The number of rotatable bonds is 3. The predicted octanol–water partition coefficient (Wildman–Crippen LogP) is 2.17. The SMILES string of the molecule is CC(C)NCC1(O)C2CC3CC(C2)CC1C3. The average molecular weight is 223 g/mol. The van der Waals surface area contributed by atoms with Gasteiger partial charge in [0.1, 0.15) is 0 Å². The van der Waals surface area contributed by atoms with Crippen LogP contribution in [0.15, 0.2) is 0 Å². The van der Waals surface area contributed by atoms with Crippen LogP contribution in [0.25, 0.3) is 0 Å². The van der Waals surface area contributed by atoms with E-state index in [4.69, 9.17) is 0 Å². The minimum atomic E-state index is -0.377. The van der Waals surface area contributed by atoms with E-state index in [0.29, 0.717) is 17.9 Å². The van der Waals surface area contributed by atoms with E-state index in [9.17, 15) is 5.11 Å². The summed E-state index contributed by atoms with van der Waals surface area (Å²) in [4.78, 5) is 0. The average Bonchev–Trinajstić information content (AvgIpc) is 2.22. The van der Waals surface area contributed by atoms with Crippen molar-refractivity contribution in [1.82, 2.24) is 5.32 Å². The van der Waals surface area contributed by atoms with E-state index in [-0.39, 0.29) is 5.60 Å². The quantitative estimate of drug-likeness (QED) is 0.768. The number of hydrogen-bond donors (Lipinski definition) is 2. The monoisotopic (exact) mass is 223 g/mol. The molecule has 0 unspecified atom stereocenters. The number of hydrogen-bond acceptors (Lipinski definition) is 2. The molecule has 0 aromatic carbocycles. The Bertz CT molecular complexity index is 246. The first-order chi connectivity index (χ1) is 7.58. The van der Waals surface area contributed by atoms with Gasteiger partial charge in [0, 0.05) is 12.6 Å². The normalized spacial score (nSPS) is 50.2. The van der Waals surface area contributed by atoms with Gasteiger partial charge in [0.15, 0.2) is 0 Å². The standard InChI is InChI=1S/C14H25NO/c1-9(2)15-8-14(16)12-4-10-3-11(6-12)7-13(14)5-10/h9-13,15-16H,3-8H2,1-2H3. The maximum atomic E-state index is 11.0. The van der Waals surface area contributed by atoms with Crippen molar-refractivity contribution in [2.24, 2.45) is 23.7 Å². The zero-order valence-electron chi connectivity index (χ0n) is 10.6. The van der Waals surface area contributed by atoms with Crippen LogP contribution in [0.4, 0.5) is 0 Å². The Morgan fingerprint density at radius 3 is 2.00 bits per heavy atom. The highest BCUT2D eigenvalue weighted by molar-refractivity contribution is 5.07. The molecule has 4 rings (SSSR count). The zero-order chi connectivity index (χ0) is 11.3. The van der Waals surface area contributed by atoms with E-state index >= 15 is 0 Å². The predicted molar refractivity (Wildman–Crippen MR) is 65.1 cm³/mol. The van der Waals surface area contributed by atoms with Gasteiger partial charge in [0.2, 0.25) is 0 Å². The molecule has 0 saturated heterocycles. The van der Waals surface area contributed by atoms with Gasteiger partial charge >= 0.3 is 0 Å². The minimum absolute atomic E-state index is 0.377. The molecular weight excluding hydrogens is 198 g/mol. The third-order valence-electron chi connectivity index (χ3n) is 5.35. The Balaban J connectivity index is 1.74. The lowest BCUT2D eigenvalue weighted by Gasteiger charge is -2.59. The van der Waals surface area contributed by atoms with Crippen LogP contribution in [0.3, 0.4) is 0 Å². The van der Waals surface area contributed by atoms with Crippen molar-refractivity contribution in [3.8, 4) is 0 Å². The highest BCUT2D eigenvalue weighted by Crippen LogP contribution is 2.58. The Morgan fingerprint density at radius 2 is 1.56 bits per heavy atom. The molecule has 4 saturated carbocycles. The van der Waals surface area contributed by atoms with Crippen LogP contribution in [0.2, 0.25) is 0 Å². The van der Waals surface area contributed by atoms with Crippen LogP contribution < -0.4 is 5.32 Å². The van der Waals surface area contributed by atoms with Crippen molar-refractivity contribution in [1.29, 1.82) is 0 Å². The van der Waals surface area contributed by atoms with Crippen LogP contribution in [-0.4, -0.2) is 23.3 Å². The van der Waals surface area contributed by atoms with Gasteiger partial charge in [-0.3, -0.25) is 0 Å². The summed E-state index contributed by atoms with van der Waals surface area (Å²) in [5.74, 6) is 3.08. The molecule has 2 heteroatoms. The summed E-state index contributed by atoms with van der Waals surface area (Å²) in [7, 11) is 0. The van der Waals surface area contributed by atoms with E-state index in [2.05, 4.69) is 19.2 Å². The van der Waals surface area contributed by atoms with Crippen LogP contribution in [0.1, 0.15) is 46.0 Å². The Morgan fingerprint density at radius 1 is 1.06 bits per heavy atom. The molecule has 0 amide bonds. The zero-order valence-corrected chi connectivity index (χ0v) is 10.6. The highest BCUT2D eigenvalue weighted by Gasteiger charge is 2.56. The number of nitrogens with one attached hydrogen (secondary N) is 1. The first-order valence-corrected chi connectivity index (χ1v) is 7.03. The molecule has 2 N–H and O–H groups in total. The third kappa shape index (κ3) is 1.62. The summed E-state index contributed by atoms with van der Waals surface area (Å²) in [5, 5.41) is 14.4. The van der Waals surface area contributed by atoms with Gasteiger partial charge in [0.25, 0.3) is 0 Å². The molecule has 0 radical (unpaired) electrons. The highest BCUT2D eigenvalue weighted by atomic mass is 16.3. The fourth-order valence-electron chi connectivity index (χ4n) is 4.66. The number of aliphatic hydroxyl groups is 1. The van der Waals surface area contributed by atoms with Gasteiger partial charge in [-0.2, -0.15) is 0 Å². The molecule has 4 bridgehead atoms. The summed E-state index contributed by atoms with van der Waals surface area (Å²) in [6.07, 6.45) is 6.64. The van der Waals surface area contributed by atoms with Crippen LogP contribution >= 0.6 is 0 Å². The fraction of sp³-hybridized carbons (Fsp3) is 1.00. The molecule has 4 fully saturated rings. The van der Waals surface area contributed by atoms with Crippen molar-refractivity contribution in [3.63, 3.8) is 0 Å². The van der Waals surface area contributed by atoms with Crippen LogP contribution in [-0.2, 0) is 0 Å². The molecule has 16 heavy (non-hydrogen) atoms. The Hall–Kier alpha value is -0.0800. The van der Waals surface area contributed by atoms with E-state index in [1.165, 1.54) is 32.1 Å². The van der Waals surface area contributed by atoms with Gasteiger partial charge in [-0.05, 0) is 55.8 Å². The maximum absolute atomic E-state index is 11.0. The molecule has 4 aliphatic carbocycles. The minimum Gasteiger partial charge on any atom is -0.388 e. The molecule has 0 aliphatic heterocycles. The molecule has 0 spiro atoms. The molecule has 0 aromatic heterocycles. The molecule has 0 heterocycles. The largest absolute Gasteiger partial charge is 0.388 e. The van der Waals surface area contributed by atoms with Crippen LogP contribution in [0.5, 0.6) is 0 Å². The van der Waals surface area contributed by atoms with E-state index in [0.717, 1.165) is 18.4 Å². The topological polar surface area (TPSA) is 32.3 Å². The van der Waals surface area contributed by atoms with Crippen molar-refractivity contribution in [2.75, 3.05) is 6.54 Å². The van der Waals surface area contributed by atoms with Gasteiger partial charge in [-0.15, -0.1) is 0 Å². The second-order valence-corrected chi connectivity index (χ2v) is 6.83. The first kappa shape index (κ1) is 11.0. The van der Waals surface area contributed by atoms with E-state index in [1.54, 1.807) is 0 Å². The third-order valence-corrected chi connectivity index (χ3v) is 5.35. The fourth-order valence-corrected chi connectivity index (χ4v) is 4.66. The molecule has 0 aromatic rings. The summed E-state index contributed by atoms with van der Waals surface area (Å²) in [6.45, 7) is 5.15. The lowest BCUT2D eigenvalue weighted by molar-refractivity contribution is -0.170. The molecular formula is C14H25NO. The first-order valence-electron chi connectivity index (χ1n) is 7.03. The van der Waals surface area contributed by atoms with Gasteiger partial charge in [-0.1, -0.05) is 13.8 Å². The van der Waals surface area contributed by atoms with Crippen molar-refractivity contribution >= 4 is 0 Å². The van der Waals surface area contributed by atoms with Gasteiger partial charge < -0.3 is 10.4 Å². The van der Waals surface area contributed by atoms with Crippen molar-refractivity contribution in [3.05, 3.63) is 0 Å². The van der Waals surface area contributed by atoms with Crippen molar-refractivity contribution in [2.45, 2.75) is 57.6 Å². The van der Waals surface area contributed by atoms with Crippen LogP contribution in [0, 0.1) is 23.7 Å². The smallest absolute Gasteiger partial charge is 0.0827 e. The summed E-state index contributed by atoms with van der Waals surface area (Å²) < 4.78 is 0. The Kier molecular flexibility index (Phi) is 2.56. The lowest BCUT2D eigenvalue weighted by atomic mass is 9.50. The van der Waals surface area contributed by atoms with Gasteiger partial charge in [0.05, 0.1) is 5.60 Å².